The van der Waals surface area contributed by atoms with Gasteiger partial charge >= 0.3 is 5.97 Å². The SMILES string of the molecule is O=C1CC/C=C\[C@@H]2O[C@@]34C=CCN(Cc5ccccc5)C(=O)[C@@H]3N(CCCCCO)C(=O)[C@H]4[C@@H]2C(=O)N[C@@H](c2ccccc2)CO1. The van der Waals surface area contributed by atoms with Crippen LogP contribution >= 0.6 is 0 Å². The number of nitrogens with one attached hydrogen (secondary N) is 1. The van der Waals surface area contributed by atoms with Gasteiger partial charge in [0, 0.05) is 32.7 Å². The zero-order valence-electron chi connectivity index (χ0n) is 25.8. The normalized spacial score (nSPS) is 30.3. The van der Waals surface area contributed by atoms with Gasteiger partial charge in [0.1, 0.15) is 18.2 Å². The van der Waals surface area contributed by atoms with E-state index in [1.165, 1.54) is 0 Å². The number of hydrogen-bond donors (Lipinski definition) is 2. The summed E-state index contributed by atoms with van der Waals surface area (Å²) in [6, 6.07) is 17.4. The van der Waals surface area contributed by atoms with E-state index >= 15 is 0 Å². The number of amides is 3. The van der Waals surface area contributed by atoms with Crippen LogP contribution in [0.3, 0.4) is 0 Å². The first-order valence-corrected chi connectivity index (χ1v) is 16.2. The molecule has 2 aromatic carbocycles. The molecule has 6 rings (SSSR count). The number of nitrogens with zero attached hydrogens (tertiary/aromatic N) is 2. The monoisotopic (exact) mass is 627 g/mol. The molecule has 2 aromatic rings. The van der Waals surface area contributed by atoms with Crippen molar-refractivity contribution in [2.24, 2.45) is 11.8 Å². The van der Waals surface area contributed by atoms with Gasteiger partial charge in [-0.3, -0.25) is 19.2 Å². The molecule has 0 radical (unpaired) electrons. The van der Waals surface area contributed by atoms with Crippen molar-refractivity contribution in [3.05, 3.63) is 96.1 Å². The van der Waals surface area contributed by atoms with Crippen LogP contribution < -0.4 is 5.32 Å². The number of carbonyl (C=O) groups excluding carboxylic acids is 4. The molecule has 4 aliphatic heterocycles. The van der Waals surface area contributed by atoms with Crippen molar-refractivity contribution in [1.82, 2.24) is 15.1 Å². The highest BCUT2D eigenvalue weighted by molar-refractivity contribution is 5.99. The predicted molar refractivity (Wildman–Crippen MR) is 169 cm³/mol. The molecule has 1 spiro atoms. The Morgan fingerprint density at radius 1 is 0.913 bits per heavy atom. The second-order valence-corrected chi connectivity index (χ2v) is 12.4. The van der Waals surface area contributed by atoms with E-state index in [9.17, 15) is 24.3 Å². The number of fused-ring (bicyclic) bond motifs is 2. The highest BCUT2D eigenvalue weighted by Crippen LogP contribution is 2.53. The van der Waals surface area contributed by atoms with Gasteiger partial charge in [-0.05, 0) is 36.8 Å². The van der Waals surface area contributed by atoms with Gasteiger partial charge in [-0.1, -0.05) is 85.0 Å². The predicted octanol–water partition coefficient (Wildman–Crippen LogP) is 3.08. The maximum absolute atomic E-state index is 14.5. The van der Waals surface area contributed by atoms with Gasteiger partial charge in [-0.15, -0.1) is 0 Å². The first-order valence-electron chi connectivity index (χ1n) is 16.2. The van der Waals surface area contributed by atoms with Crippen molar-refractivity contribution in [1.29, 1.82) is 0 Å². The molecule has 4 aliphatic rings. The Bertz CT molecular complexity index is 1480. The average molecular weight is 628 g/mol. The fourth-order valence-corrected chi connectivity index (χ4v) is 7.24. The van der Waals surface area contributed by atoms with Crippen molar-refractivity contribution < 1.29 is 33.8 Å². The summed E-state index contributed by atoms with van der Waals surface area (Å²) in [6.07, 6.45) is 8.89. The third-order valence-electron chi connectivity index (χ3n) is 9.42. The standard InChI is InChI=1S/C36H41N3O7/c40-22-11-3-10-21-39-32-35(44)38(23-25-13-4-1-5-14-25)20-12-19-36(32)31(34(39)43)30-28(46-36)17-8-9-18-29(41)45-24-27(37-33(30)42)26-15-6-2-7-16-26/h1-2,4-8,12-17,19,27-28,30-32,40H,3,9-11,18,20-24H2,(H,37,42)/b17-8-/t27-,28+,30-,31-,32+,36-/m1/s1. The molecule has 46 heavy (non-hydrogen) atoms. The number of benzene rings is 2. The number of aliphatic hydroxyl groups excluding tert-OH is 1. The molecule has 0 saturated carbocycles. The highest BCUT2D eigenvalue weighted by Gasteiger charge is 2.71. The van der Waals surface area contributed by atoms with E-state index in [4.69, 9.17) is 9.47 Å². The van der Waals surface area contributed by atoms with Gasteiger partial charge in [-0.2, -0.15) is 0 Å². The van der Waals surface area contributed by atoms with Crippen molar-refractivity contribution in [3.8, 4) is 0 Å². The Balaban J connectivity index is 1.38. The summed E-state index contributed by atoms with van der Waals surface area (Å²) in [5, 5.41) is 12.4. The second-order valence-electron chi connectivity index (χ2n) is 12.4. The molecule has 0 unspecified atom stereocenters. The topological polar surface area (TPSA) is 125 Å². The molecule has 10 heteroatoms. The van der Waals surface area contributed by atoms with Crippen LogP contribution in [0, 0.1) is 11.8 Å². The lowest BCUT2D eigenvalue weighted by Crippen LogP contribution is -2.55. The highest BCUT2D eigenvalue weighted by atomic mass is 16.5. The van der Waals surface area contributed by atoms with E-state index in [0.29, 0.717) is 45.3 Å². The minimum atomic E-state index is -1.36. The second kappa shape index (κ2) is 14.0. The number of ether oxygens (including phenoxy) is 2. The van der Waals surface area contributed by atoms with E-state index in [-0.39, 0.29) is 37.4 Å². The average Bonchev–Trinajstić information content (AvgIpc) is 3.45. The molecule has 2 N–H and O–H groups in total. The lowest BCUT2D eigenvalue weighted by molar-refractivity contribution is -0.148. The van der Waals surface area contributed by atoms with Crippen molar-refractivity contribution >= 4 is 23.7 Å². The summed E-state index contributed by atoms with van der Waals surface area (Å²) < 4.78 is 12.3. The molecule has 0 bridgehead atoms. The van der Waals surface area contributed by atoms with Gasteiger partial charge in [0.15, 0.2) is 0 Å². The molecule has 10 nitrogen and oxygen atoms in total. The lowest BCUT2D eigenvalue weighted by atomic mass is 9.77. The summed E-state index contributed by atoms with van der Waals surface area (Å²) in [5.41, 5.74) is 0.376. The summed E-state index contributed by atoms with van der Waals surface area (Å²) in [6.45, 7) is 1.01. The minimum Gasteiger partial charge on any atom is -0.463 e. The van der Waals surface area contributed by atoms with Crippen molar-refractivity contribution in [2.75, 3.05) is 26.3 Å². The van der Waals surface area contributed by atoms with Gasteiger partial charge < -0.3 is 29.7 Å². The molecule has 2 fully saturated rings. The number of esters is 1. The minimum absolute atomic E-state index is 0.0489. The number of hydrogen-bond acceptors (Lipinski definition) is 7. The fourth-order valence-electron chi connectivity index (χ4n) is 7.24. The molecule has 3 amide bonds. The molecule has 6 atom stereocenters. The Labute approximate surface area is 269 Å². The first kappa shape index (κ1) is 31.7. The first-order chi connectivity index (χ1) is 22.4. The van der Waals surface area contributed by atoms with Crippen LogP contribution in [0.25, 0.3) is 0 Å². The number of likely N-dealkylation sites (tertiary alicyclic amines) is 1. The number of allylic oxidation sites excluding steroid dienone is 1. The largest absolute Gasteiger partial charge is 0.463 e. The third kappa shape index (κ3) is 6.24. The van der Waals surface area contributed by atoms with Crippen molar-refractivity contribution in [3.63, 3.8) is 0 Å². The zero-order valence-corrected chi connectivity index (χ0v) is 25.8. The molecule has 2 saturated heterocycles. The Hall–Kier alpha value is -4.28. The maximum Gasteiger partial charge on any atom is 0.306 e. The summed E-state index contributed by atoms with van der Waals surface area (Å²) >= 11 is 0. The Kier molecular flexibility index (Phi) is 9.65. The number of aliphatic hydroxyl groups is 1. The van der Waals surface area contributed by atoms with Crippen LogP contribution in [-0.2, 0) is 35.2 Å². The van der Waals surface area contributed by atoms with Crippen LogP contribution in [0.5, 0.6) is 0 Å². The molecule has 0 aromatic heterocycles. The van der Waals surface area contributed by atoms with Gasteiger partial charge in [-0.25, -0.2) is 0 Å². The van der Waals surface area contributed by atoms with Crippen molar-refractivity contribution in [2.45, 2.75) is 62.4 Å². The number of rotatable bonds is 8. The molecule has 0 aliphatic carbocycles. The van der Waals surface area contributed by atoms with Crippen LogP contribution in [-0.4, -0.2) is 82.6 Å². The van der Waals surface area contributed by atoms with E-state index in [1.807, 2.05) is 72.8 Å². The lowest BCUT2D eigenvalue weighted by Gasteiger charge is -2.35. The van der Waals surface area contributed by atoms with E-state index in [1.54, 1.807) is 22.0 Å². The quantitative estimate of drug-likeness (QED) is 0.262. The Morgan fingerprint density at radius 3 is 2.43 bits per heavy atom. The van der Waals surface area contributed by atoms with Crippen LogP contribution in [0.4, 0.5) is 0 Å². The fraction of sp³-hybridized carbons (Fsp3) is 0.444. The van der Waals surface area contributed by atoms with Crippen LogP contribution in [0.1, 0.15) is 49.3 Å². The molecule has 242 valence electrons. The number of cyclic esters (lactones) is 1. The van der Waals surface area contributed by atoms with E-state index in [2.05, 4.69) is 5.32 Å². The molecular formula is C36H41N3O7. The summed E-state index contributed by atoms with van der Waals surface area (Å²) in [4.78, 5) is 59.2. The van der Waals surface area contributed by atoms with Crippen LogP contribution in [0.2, 0.25) is 0 Å². The summed E-state index contributed by atoms with van der Waals surface area (Å²) in [7, 11) is 0. The Morgan fingerprint density at radius 2 is 1.67 bits per heavy atom. The maximum atomic E-state index is 14.5. The molecular weight excluding hydrogens is 586 g/mol. The third-order valence-corrected chi connectivity index (χ3v) is 9.42. The summed E-state index contributed by atoms with van der Waals surface area (Å²) in [5.74, 6) is -3.16. The van der Waals surface area contributed by atoms with E-state index < -0.39 is 41.5 Å². The van der Waals surface area contributed by atoms with Crippen LogP contribution in [0.15, 0.2) is 85.0 Å². The van der Waals surface area contributed by atoms with Gasteiger partial charge in [0.05, 0.1) is 24.0 Å². The van der Waals surface area contributed by atoms with Gasteiger partial charge in [0.2, 0.25) is 17.7 Å². The number of carbonyl (C=O) groups is 4. The smallest absolute Gasteiger partial charge is 0.306 e. The van der Waals surface area contributed by atoms with E-state index in [0.717, 1.165) is 11.1 Å². The van der Waals surface area contributed by atoms with Gasteiger partial charge in [0.25, 0.3) is 0 Å². The molecule has 4 heterocycles. The zero-order chi connectivity index (χ0) is 32.1. The number of unbranched alkanes of at least 4 members (excludes halogenated alkanes) is 2.